The van der Waals surface area contributed by atoms with E-state index in [2.05, 4.69) is 4.98 Å². The van der Waals surface area contributed by atoms with Gasteiger partial charge in [-0.3, -0.25) is 4.79 Å². The topological polar surface area (TPSA) is 70.4 Å². The number of hydrogen-bond donors (Lipinski definition) is 0. The fraction of sp³-hybridized carbons (Fsp3) is 0.400. The van der Waals surface area contributed by atoms with E-state index in [9.17, 15) is 9.59 Å². The Morgan fingerprint density at radius 2 is 2.32 bits per heavy atom. The molecular weight excluding hydrogens is 308 g/mol. The maximum atomic E-state index is 12.6. The number of carbonyl (C=O) groups is 1. The SMILES string of the molecule is CCOC(=O)c1cn(CC)c2nc3c(cc2c1=O)OCC3Cl. The second-order valence-corrected chi connectivity index (χ2v) is 5.43. The molecule has 1 atom stereocenters. The molecular formula is C15H15ClN2O4. The highest BCUT2D eigenvalue weighted by molar-refractivity contribution is 6.21. The summed E-state index contributed by atoms with van der Waals surface area (Å²) < 4.78 is 12.1. The second kappa shape index (κ2) is 5.61. The van der Waals surface area contributed by atoms with Gasteiger partial charge in [-0.25, -0.2) is 9.78 Å². The highest BCUT2D eigenvalue weighted by atomic mass is 35.5. The van der Waals surface area contributed by atoms with Crippen LogP contribution in [0.25, 0.3) is 11.0 Å². The maximum Gasteiger partial charge on any atom is 0.343 e. The molecule has 6 nitrogen and oxygen atoms in total. The summed E-state index contributed by atoms with van der Waals surface area (Å²) >= 11 is 6.15. The van der Waals surface area contributed by atoms with Crippen LogP contribution < -0.4 is 10.2 Å². The molecule has 0 spiro atoms. The smallest absolute Gasteiger partial charge is 0.343 e. The van der Waals surface area contributed by atoms with Gasteiger partial charge in [-0.1, -0.05) is 0 Å². The minimum Gasteiger partial charge on any atom is -0.490 e. The first kappa shape index (κ1) is 14.8. The predicted molar refractivity (Wildman–Crippen MR) is 81.7 cm³/mol. The molecule has 0 fully saturated rings. The number of nitrogens with zero attached hydrogens (tertiary/aromatic N) is 2. The van der Waals surface area contributed by atoms with Gasteiger partial charge >= 0.3 is 5.97 Å². The van der Waals surface area contributed by atoms with Gasteiger partial charge in [0.2, 0.25) is 5.43 Å². The zero-order valence-electron chi connectivity index (χ0n) is 12.3. The molecule has 2 aromatic rings. The summed E-state index contributed by atoms with van der Waals surface area (Å²) in [6.07, 6.45) is 1.49. The van der Waals surface area contributed by atoms with Gasteiger partial charge in [0.15, 0.2) is 0 Å². The van der Waals surface area contributed by atoms with Crippen LogP contribution in [0, 0.1) is 0 Å². The molecule has 0 aromatic carbocycles. The summed E-state index contributed by atoms with van der Waals surface area (Å²) in [7, 11) is 0. The fourth-order valence-corrected chi connectivity index (χ4v) is 2.70. The zero-order valence-corrected chi connectivity index (χ0v) is 13.0. The number of aryl methyl sites for hydroxylation is 1. The van der Waals surface area contributed by atoms with Gasteiger partial charge in [-0.05, 0) is 19.9 Å². The number of carbonyl (C=O) groups excluding carboxylic acids is 1. The summed E-state index contributed by atoms with van der Waals surface area (Å²) in [4.78, 5) is 29.0. The Balaban J connectivity index is 2.29. The number of aromatic nitrogens is 2. The van der Waals surface area contributed by atoms with Crippen LogP contribution in [0.4, 0.5) is 0 Å². The molecule has 0 saturated heterocycles. The third kappa shape index (κ3) is 2.23. The van der Waals surface area contributed by atoms with Gasteiger partial charge in [0.25, 0.3) is 0 Å². The van der Waals surface area contributed by atoms with E-state index in [1.165, 1.54) is 6.20 Å². The standard InChI is InChI=1S/C15H15ClN2O4/c1-3-18-6-9(15(20)21-4-2)13(19)8-5-11-12(17-14(8)18)10(16)7-22-11/h5-6,10H,3-4,7H2,1-2H3. The molecule has 3 rings (SSSR count). The number of ether oxygens (including phenoxy) is 2. The van der Waals surface area contributed by atoms with Crippen LogP contribution in [0.5, 0.6) is 5.75 Å². The maximum absolute atomic E-state index is 12.6. The summed E-state index contributed by atoms with van der Waals surface area (Å²) in [6.45, 7) is 4.69. The molecule has 22 heavy (non-hydrogen) atoms. The Morgan fingerprint density at radius 3 is 3.00 bits per heavy atom. The minimum absolute atomic E-state index is 0.00151. The first-order valence-electron chi connectivity index (χ1n) is 7.08. The Labute approximate surface area is 131 Å². The van der Waals surface area contributed by atoms with Crippen LogP contribution in [-0.4, -0.2) is 28.7 Å². The molecule has 0 aliphatic carbocycles. The first-order chi connectivity index (χ1) is 10.6. The molecule has 0 saturated carbocycles. The normalized spacial score (nSPS) is 16.4. The van der Waals surface area contributed by atoms with Crippen molar-refractivity contribution in [1.82, 2.24) is 9.55 Å². The van der Waals surface area contributed by atoms with Crippen molar-refractivity contribution in [1.29, 1.82) is 0 Å². The van der Waals surface area contributed by atoms with Crippen LogP contribution in [0.15, 0.2) is 17.1 Å². The number of fused-ring (bicyclic) bond motifs is 2. The van der Waals surface area contributed by atoms with E-state index in [1.807, 2.05) is 6.92 Å². The number of alkyl halides is 1. The summed E-state index contributed by atoms with van der Waals surface area (Å²) in [5, 5.41) is 0.00135. The number of halogens is 1. The first-order valence-corrected chi connectivity index (χ1v) is 7.52. The lowest BCUT2D eigenvalue weighted by atomic mass is 10.1. The van der Waals surface area contributed by atoms with Crippen molar-refractivity contribution in [3.63, 3.8) is 0 Å². The quantitative estimate of drug-likeness (QED) is 0.640. The molecule has 1 aliphatic rings. The molecule has 0 N–H and O–H groups in total. The third-order valence-electron chi connectivity index (χ3n) is 3.56. The summed E-state index contributed by atoms with van der Waals surface area (Å²) in [5.41, 5.74) is 0.712. The van der Waals surface area contributed by atoms with Crippen LogP contribution in [0.2, 0.25) is 0 Å². The lowest BCUT2D eigenvalue weighted by molar-refractivity contribution is 0.0524. The number of rotatable bonds is 3. The average Bonchev–Trinajstić information content (AvgIpc) is 2.87. The van der Waals surface area contributed by atoms with E-state index < -0.39 is 11.4 Å². The fourth-order valence-electron chi connectivity index (χ4n) is 2.48. The highest BCUT2D eigenvalue weighted by Crippen LogP contribution is 2.36. The number of hydrogen-bond acceptors (Lipinski definition) is 5. The molecule has 116 valence electrons. The van der Waals surface area contributed by atoms with E-state index >= 15 is 0 Å². The minimum atomic E-state index is -0.631. The molecule has 0 amide bonds. The third-order valence-corrected chi connectivity index (χ3v) is 3.89. The van der Waals surface area contributed by atoms with Crippen molar-refractivity contribution in [2.45, 2.75) is 25.8 Å². The van der Waals surface area contributed by atoms with Crippen LogP contribution in [0.1, 0.15) is 35.3 Å². The zero-order chi connectivity index (χ0) is 15.9. The van der Waals surface area contributed by atoms with Gasteiger partial charge in [0.1, 0.15) is 34.6 Å². The Hall–Kier alpha value is -2.08. The number of pyridine rings is 2. The van der Waals surface area contributed by atoms with Crippen molar-refractivity contribution < 1.29 is 14.3 Å². The van der Waals surface area contributed by atoms with E-state index in [-0.39, 0.29) is 17.5 Å². The van der Waals surface area contributed by atoms with Crippen molar-refractivity contribution >= 4 is 28.6 Å². The lowest BCUT2D eigenvalue weighted by Crippen LogP contribution is -2.21. The molecule has 1 aliphatic heterocycles. The Kier molecular flexibility index (Phi) is 3.78. The van der Waals surface area contributed by atoms with Gasteiger partial charge in [-0.15, -0.1) is 11.6 Å². The molecule has 2 aromatic heterocycles. The lowest BCUT2D eigenvalue weighted by Gasteiger charge is -2.11. The van der Waals surface area contributed by atoms with E-state index in [0.717, 1.165) is 0 Å². The van der Waals surface area contributed by atoms with Crippen molar-refractivity contribution in [3.05, 3.63) is 33.7 Å². The van der Waals surface area contributed by atoms with Gasteiger partial charge in [0, 0.05) is 12.7 Å². The van der Waals surface area contributed by atoms with Crippen LogP contribution in [0.3, 0.4) is 0 Å². The largest absolute Gasteiger partial charge is 0.490 e. The van der Waals surface area contributed by atoms with Gasteiger partial charge in [-0.2, -0.15) is 0 Å². The second-order valence-electron chi connectivity index (χ2n) is 4.90. The summed E-state index contributed by atoms with van der Waals surface area (Å²) in [5.74, 6) is -0.138. The van der Waals surface area contributed by atoms with E-state index in [4.69, 9.17) is 21.1 Å². The predicted octanol–water partition coefficient (Wildman–Crippen LogP) is 2.27. The average molecular weight is 323 g/mol. The molecule has 1 unspecified atom stereocenters. The van der Waals surface area contributed by atoms with Crippen molar-refractivity contribution in [2.24, 2.45) is 0 Å². The summed E-state index contributed by atoms with van der Waals surface area (Å²) in [6, 6.07) is 1.61. The number of esters is 1. The monoisotopic (exact) mass is 322 g/mol. The molecule has 0 radical (unpaired) electrons. The highest BCUT2D eigenvalue weighted by Gasteiger charge is 2.27. The van der Waals surface area contributed by atoms with Crippen LogP contribution >= 0.6 is 11.6 Å². The van der Waals surface area contributed by atoms with Gasteiger partial charge < -0.3 is 14.0 Å². The Morgan fingerprint density at radius 1 is 1.55 bits per heavy atom. The molecule has 0 bridgehead atoms. The van der Waals surface area contributed by atoms with Crippen molar-refractivity contribution in [3.8, 4) is 5.75 Å². The van der Waals surface area contributed by atoms with E-state index in [1.54, 1.807) is 17.6 Å². The van der Waals surface area contributed by atoms with Crippen molar-refractivity contribution in [2.75, 3.05) is 13.2 Å². The Bertz CT molecular complexity index is 815. The molecule has 7 heteroatoms. The van der Waals surface area contributed by atoms with E-state index in [0.29, 0.717) is 35.6 Å². The van der Waals surface area contributed by atoms with Crippen LogP contribution in [-0.2, 0) is 11.3 Å². The molecule has 3 heterocycles. The van der Waals surface area contributed by atoms with Gasteiger partial charge in [0.05, 0.1) is 12.0 Å².